The Bertz CT molecular complexity index is 906. The Morgan fingerprint density at radius 1 is 1.22 bits per heavy atom. The van der Waals surface area contributed by atoms with Crippen molar-refractivity contribution in [1.29, 1.82) is 0 Å². The fraction of sp³-hybridized carbons (Fsp3) is 0.263. The van der Waals surface area contributed by atoms with Crippen molar-refractivity contribution < 1.29 is 4.79 Å². The Morgan fingerprint density at radius 3 is 2.83 bits per heavy atom. The molecule has 1 aliphatic carbocycles. The number of carbonyl (C=O) groups is 1. The molecule has 0 aliphatic heterocycles. The van der Waals surface area contributed by atoms with Gasteiger partial charge in [-0.1, -0.05) is 12.1 Å². The molecule has 0 spiro atoms. The number of anilines is 1. The van der Waals surface area contributed by atoms with Gasteiger partial charge in [-0.15, -0.1) is 0 Å². The van der Waals surface area contributed by atoms with Gasteiger partial charge in [0.05, 0.1) is 5.69 Å². The van der Waals surface area contributed by atoms with Crippen LogP contribution in [0.2, 0.25) is 0 Å². The zero-order chi connectivity index (χ0) is 16.0. The van der Waals surface area contributed by atoms with Crippen molar-refractivity contribution >= 4 is 17.2 Å². The number of amides is 1. The minimum Gasteiger partial charge on any atom is -0.326 e. The van der Waals surface area contributed by atoms with E-state index >= 15 is 0 Å². The van der Waals surface area contributed by atoms with Crippen LogP contribution in [0.25, 0.3) is 16.9 Å². The average molecular weight is 305 g/mol. The number of nitrogens with zero attached hydrogens (tertiary/aromatic N) is 2. The number of imidazole rings is 1. The number of rotatable bonds is 3. The van der Waals surface area contributed by atoms with Crippen molar-refractivity contribution in [2.45, 2.75) is 26.7 Å². The van der Waals surface area contributed by atoms with Gasteiger partial charge in [0.1, 0.15) is 5.65 Å². The zero-order valence-electron chi connectivity index (χ0n) is 13.3. The van der Waals surface area contributed by atoms with Gasteiger partial charge in [0.25, 0.3) is 0 Å². The maximum absolute atomic E-state index is 12.0. The predicted octanol–water partition coefficient (Wildman–Crippen LogP) is 3.97. The third-order valence-corrected chi connectivity index (χ3v) is 4.36. The molecule has 1 amide bonds. The molecule has 1 aromatic carbocycles. The van der Waals surface area contributed by atoms with Crippen molar-refractivity contribution in [3.05, 3.63) is 53.9 Å². The lowest BCUT2D eigenvalue weighted by Crippen LogP contribution is -2.14. The van der Waals surface area contributed by atoms with Crippen LogP contribution in [0.15, 0.2) is 42.7 Å². The second-order valence-electron chi connectivity index (χ2n) is 6.39. The van der Waals surface area contributed by atoms with Gasteiger partial charge in [0.15, 0.2) is 0 Å². The van der Waals surface area contributed by atoms with Gasteiger partial charge >= 0.3 is 0 Å². The van der Waals surface area contributed by atoms with E-state index < -0.39 is 0 Å². The number of carbonyl (C=O) groups excluding carboxylic acids is 1. The molecule has 3 aromatic rings. The molecule has 0 bridgehead atoms. The van der Waals surface area contributed by atoms with Gasteiger partial charge in [-0.2, -0.15) is 0 Å². The molecule has 0 saturated heterocycles. The first kappa shape index (κ1) is 14.0. The largest absolute Gasteiger partial charge is 0.326 e. The summed E-state index contributed by atoms with van der Waals surface area (Å²) >= 11 is 0. The molecular formula is C19H19N3O. The lowest BCUT2D eigenvalue weighted by Gasteiger charge is -2.09. The second kappa shape index (κ2) is 5.23. The first-order valence-electron chi connectivity index (χ1n) is 7.97. The quantitative estimate of drug-likeness (QED) is 0.796. The summed E-state index contributed by atoms with van der Waals surface area (Å²) in [6, 6.07) is 10.2. The summed E-state index contributed by atoms with van der Waals surface area (Å²) < 4.78 is 2.02. The van der Waals surface area contributed by atoms with E-state index in [0.717, 1.165) is 41.0 Å². The molecule has 23 heavy (non-hydrogen) atoms. The number of benzene rings is 1. The van der Waals surface area contributed by atoms with Gasteiger partial charge in [-0.25, -0.2) is 4.98 Å². The summed E-state index contributed by atoms with van der Waals surface area (Å²) in [7, 11) is 0. The number of hydrogen-bond acceptors (Lipinski definition) is 2. The molecule has 0 atom stereocenters. The van der Waals surface area contributed by atoms with Crippen molar-refractivity contribution in [1.82, 2.24) is 9.38 Å². The van der Waals surface area contributed by atoms with E-state index in [1.165, 1.54) is 5.56 Å². The molecule has 4 nitrogen and oxygen atoms in total. The Balaban J connectivity index is 1.70. The Hall–Kier alpha value is -2.62. The molecule has 4 rings (SSSR count). The van der Waals surface area contributed by atoms with Gasteiger partial charge < -0.3 is 9.72 Å². The molecular weight excluding hydrogens is 286 g/mol. The van der Waals surface area contributed by atoms with Crippen LogP contribution in [0.1, 0.15) is 24.0 Å². The van der Waals surface area contributed by atoms with Gasteiger partial charge in [0, 0.05) is 29.6 Å². The van der Waals surface area contributed by atoms with Crippen LogP contribution in [0.3, 0.4) is 0 Å². The molecule has 116 valence electrons. The predicted molar refractivity (Wildman–Crippen MR) is 91.5 cm³/mol. The van der Waals surface area contributed by atoms with Crippen LogP contribution < -0.4 is 5.32 Å². The summed E-state index contributed by atoms with van der Waals surface area (Å²) in [5.74, 6) is 0.340. The molecule has 0 radical (unpaired) electrons. The van der Waals surface area contributed by atoms with E-state index in [4.69, 9.17) is 4.98 Å². The van der Waals surface area contributed by atoms with Crippen LogP contribution >= 0.6 is 0 Å². The van der Waals surface area contributed by atoms with E-state index in [1.54, 1.807) is 0 Å². The highest BCUT2D eigenvalue weighted by atomic mass is 16.2. The van der Waals surface area contributed by atoms with Crippen molar-refractivity contribution in [3.8, 4) is 11.3 Å². The highest BCUT2D eigenvalue weighted by Crippen LogP contribution is 2.32. The number of pyridine rings is 1. The zero-order valence-corrected chi connectivity index (χ0v) is 13.3. The maximum Gasteiger partial charge on any atom is 0.227 e. The molecule has 2 heterocycles. The summed E-state index contributed by atoms with van der Waals surface area (Å²) in [5, 5.41) is 3.05. The first-order valence-corrected chi connectivity index (χ1v) is 7.97. The Morgan fingerprint density at radius 2 is 2.04 bits per heavy atom. The number of hydrogen-bond donors (Lipinski definition) is 1. The van der Waals surface area contributed by atoms with Crippen LogP contribution in [0, 0.1) is 19.8 Å². The van der Waals surface area contributed by atoms with Gasteiger partial charge in [-0.3, -0.25) is 4.79 Å². The smallest absolute Gasteiger partial charge is 0.227 e. The molecule has 1 fully saturated rings. The Kier molecular flexibility index (Phi) is 3.18. The fourth-order valence-corrected chi connectivity index (χ4v) is 2.72. The topological polar surface area (TPSA) is 46.4 Å². The normalized spacial score (nSPS) is 14.2. The fourth-order valence-electron chi connectivity index (χ4n) is 2.72. The van der Waals surface area contributed by atoms with Gasteiger partial charge in [0.2, 0.25) is 5.91 Å². The Labute approximate surface area is 135 Å². The van der Waals surface area contributed by atoms with Crippen molar-refractivity contribution in [2.24, 2.45) is 5.92 Å². The minimum atomic E-state index is 0.135. The first-order chi connectivity index (χ1) is 11.1. The van der Waals surface area contributed by atoms with Crippen LogP contribution in [-0.4, -0.2) is 15.3 Å². The van der Waals surface area contributed by atoms with E-state index in [1.807, 2.05) is 35.9 Å². The highest BCUT2D eigenvalue weighted by molar-refractivity contribution is 5.95. The monoisotopic (exact) mass is 305 g/mol. The van der Waals surface area contributed by atoms with Crippen molar-refractivity contribution in [3.63, 3.8) is 0 Å². The molecule has 2 aromatic heterocycles. The third kappa shape index (κ3) is 2.72. The molecule has 1 N–H and O–H groups in total. The highest BCUT2D eigenvalue weighted by Gasteiger charge is 2.29. The van der Waals surface area contributed by atoms with E-state index in [0.29, 0.717) is 0 Å². The maximum atomic E-state index is 12.0. The second-order valence-corrected chi connectivity index (χ2v) is 6.39. The minimum absolute atomic E-state index is 0.135. The van der Waals surface area contributed by atoms with Crippen molar-refractivity contribution in [2.75, 3.05) is 5.32 Å². The SMILES string of the molecule is Cc1ccn2cc(-c3ccc(C)c(NC(=O)C4CC4)c3)nc2c1. The van der Waals surface area contributed by atoms with Crippen LogP contribution in [0.4, 0.5) is 5.69 Å². The molecule has 0 unspecified atom stereocenters. The van der Waals surface area contributed by atoms with E-state index in [2.05, 4.69) is 30.4 Å². The summed E-state index contributed by atoms with van der Waals surface area (Å²) in [6.45, 7) is 4.07. The number of fused-ring (bicyclic) bond motifs is 1. The summed E-state index contributed by atoms with van der Waals surface area (Å²) in [5.41, 5.74) is 6.01. The number of aromatic nitrogens is 2. The lowest BCUT2D eigenvalue weighted by molar-refractivity contribution is -0.117. The average Bonchev–Trinajstić information content (AvgIpc) is 3.29. The number of aryl methyl sites for hydroxylation is 2. The van der Waals surface area contributed by atoms with Crippen LogP contribution in [0.5, 0.6) is 0 Å². The standard InChI is InChI=1S/C19H19N3O/c1-12-7-8-22-11-17(20-18(22)9-12)15-4-3-13(2)16(10-15)21-19(23)14-5-6-14/h3-4,7-11,14H,5-6H2,1-2H3,(H,21,23). The molecule has 4 heteroatoms. The molecule has 1 saturated carbocycles. The molecule has 1 aliphatic rings. The number of nitrogens with one attached hydrogen (secondary N) is 1. The van der Waals surface area contributed by atoms with Crippen LogP contribution in [-0.2, 0) is 4.79 Å². The summed E-state index contributed by atoms with van der Waals surface area (Å²) in [6.07, 6.45) is 6.06. The van der Waals surface area contributed by atoms with Gasteiger partial charge in [-0.05, 0) is 56.0 Å². The lowest BCUT2D eigenvalue weighted by atomic mass is 10.1. The van der Waals surface area contributed by atoms with E-state index in [-0.39, 0.29) is 11.8 Å². The third-order valence-electron chi connectivity index (χ3n) is 4.36. The van der Waals surface area contributed by atoms with E-state index in [9.17, 15) is 4.79 Å². The summed E-state index contributed by atoms with van der Waals surface area (Å²) in [4.78, 5) is 16.7.